The van der Waals surface area contributed by atoms with Crippen molar-refractivity contribution >= 4 is 5.69 Å². The SMILES string of the molecule is O=[N+]([O-])c1cc2c(cc1CN1CCC[C@@H]3CCCC[C@@H]31)OCO2. The molecule has 1 aromatic carbocycles. The Morgan fingerprint density at radius 1 is 1.13 bits per heavy atom. The summed E-state index contributed by atoms with van der Waals surface area (Å²) >= 11 is 0. The Bertz CT molecular complexity index is 617. The van der Waals surface area contributed by atoms with Gasteiger partial charge >= 0.3 is 0 Å². The second-order valence-corrected chi connectivity index (χ2v) is 6.82. The largest absolute Gasteiger partial charge is 0.454 e. The molecule has 0 radical (unpaired) electrons. The maximum atomic E-state index is 11.4. The van der Waals surface area contributed by atoms with Gasteiger partial charge in [-0.3, -0.25) is 15.0 Å². The van der Waals surface area contributed by atoms with Crippen molar-refractivity contribution in [2.75, 3.05) is 13.3 Å². The van der Waals surface area contributed by atoms with E-state index >= 15 is 0 Å². The third-order valence-electron chi connectivity index (χ3n) is 5.50. The van der Waals surface area contributed by atoms with Crippen LogP contribution in [0.25, 0.3) is 0 Å². The highest BCUT2D eigenvalue weighted by atomic mass is 16.7. The van der Waals surface area contributed by atoms with Crippen LogP contribution in [-0.2, 0) is 6.54 Å². The lowest BCUT2D eigenvalue weighted by Gasteiger charge is -2.44. The van der Waals surface area contributed by atoms with Crippen LogP contribution in [0.1, 0.15) is 44.1 Å². The molecule has 6 nitrogen and oxygen atoms in total. The summed E-state index contributed by atoms with van der Waals surface area (Å²) in [7, 11) is 0. The smallest absolute Gasteiger partial charge is 0.277 e. The van der Waals surface area contributed by atoms with Crippen LogP contribution < -0.4 is 9.47 Å². The molecule has 0 spiro atoms. The topological polar surface area (TPSA) is 64.8 Å². The van der Waals surface area contributed by atoms with Crippen molar-refractivity contribution < 1.29 is 14.4 Å². The molecule has 0 aromatic heterocycles. The monoisotopic (exact) mass is 318 g/mol. The molecule has 1 aromatic rings. The van der Waals surface area contributed by atoms with Gasteiger partial charge in [0.2, 0.25) is 6.79 Å². The Kier molecular flexibility index (Phi) is 3.85. The van der Waals surface area contributed by atoms with Gasteiger partial charge in [-0.05, 0) is 44.2 Å². The van der Waals surface area contributed by atoms with Gasteiger partial charge in [0, 0.05) is 18.2 Å². The number of hydrogen-bond donors (Lipinski definition) is 0. The van der Waals surface area contributed by atoms with Gasteiger partial charge < -0.3 is 9.47 Å². The van der Waals surface area contributed by atoms with Gasteiger partial charge in [0.15, 0.2) is 11.5 Å². The number of rotatable bonds is 3. The maximum absolute atomic E-state index is 11.4. The predicted octanol–water partition coefficient (Wildman–Crippen LogP) is 3.48. The number of ether oxygens (including phenoxy) is 2. The fourth-order valence-electron chi connectivity index (χ4n) is 4.41. The maximum Gasteiger partial charge on any atom is 0.277 e. The van der Waals surface area contributed by atoms with Gasteiger partial charge in [0.1, 0.15) is 0 Å². The first-order chi connectivity index (χ1) is 11.2. The minimum absolute atomic E-state index is 0.143. The number of likely N-dealkylation sites (tertiary alicyclic amines) is 1. The molecular formula is C17H22N2O4. The van der Waals surface area contributed by atoms with E-state index < -0.39 is 0 Å². The van der Waals surface area contributed by atoms with E-state index in [-0.39, 0.29) is 17.4 Å². The zero-order chi connectivity index (χ0) is 15.8. The van der Waals surface area contributed by atoms with E-state index in [1.54, 1.807) is 6.07 Å². The van der Waals surface area contributed by atoms with E-state index in [1.807, 2.05) is 0 Å². The number of nitro benzene ring substituents is 1. The molecule has 124 valence electrons. The van der Waals surface area contributed by atoms with E-state index in [4.69, 9.17) is 9.47 Å². The molecule has 4 rings (SSSR count). The van der Waals surface area contributed by atoms with Crippen molar-refractivity contribution in [2.24, 2.45) is 5.92 Å². The fraction of sp³-hybridized carbons (Fsp3) is 0.647. The molecule has 3 aliphatic rings. The molecule has 23 heavy (non-hydrogen) atoms. The van der Waals surface area contributed by atoms with Crippen LogP contribution in [-0.4, -0.2) is 29.2 Å². The van der Waals surface area contributed by atoms with Gasteiger partial charge in [-0.25, -0.2) is 0 Å². The number of nitrogens with zero attached hydrogens (tertiary/aromatic N) is 2. The van der Waals surface area contributed by atoms with Crippen molar-refractivity contribution in [3.63, 3.8) is 0 Å². The highest BCUT2D eigenvalue weighted by Crippen LogP contribution is 2.40. The summed E-state index contributed by atoms with van der Waals surface area (Å²) in [5.74, 6) is 1.88. The highest BCUT2D eigenvalue weighted by Gasteiger charge is 2.34. The normalized spacial score (nSPS) is 26.8. The molecule has 0 N–H and O–H groups in total. The van der Waals surface area contributed by atoms with Gasteiger partial charge in [-0.1, -0.05) is 12.8 Å². The standard InChI is InChI=1S/C17H22N2O4/c20-19(21)15-9-17-16(22-11-23-17)8-13(15)10-18-7-3-5-12-4-1-2-6-14(12)18/h8-9,12,14H,1-7,10-11H2/t12-,14-/m0/s1. The fourth-order valence-corrected chi connectivity index (χ4v) is 4.41. The Hall–Kier alpha value is -1.82. The molecule has 1 saturated heterocycles. The zero-order valence-corrected chi connectivity index (χ0v) is 13.2. The summed E-state index contributed by atoms with van der Waals surface area (Å²) < 4.78 is 10.7. The number of benzene rings is 1. The third kappa shape index (κ3) is 2.76. The molecule has 0 unspecified atom stereocenters. The van der Waals surface area contributed by atoms with E-state index in [1.165, 1.54) is 44.6 Å². The van der Waals surface area contributed by atoms with Crippen LogP contribution in [0.2, 0.25) is 0 Å². The molecule has 1 aliphatic carbocycles. The molecule has 6 heteroatoms. The molecule has 2 atom stereocenters. The van der Waals surface area contributed by atoms with E-state index in [9.17, 15) is 10.1 Å². The van der Waals surface area contributed by atoms with Crippen LogP contribution in [0.15, 0.2) is 12.1 Å². The Labute approximate surface area is 135 Å². The number of hydrogen-bond acceptors (Lipinski definition) is 5. The molecule has 0 bridgehead atoms. The Morgan fingerprint density at radius 3 is 2.70 bits per heavy atom. The van der Waals surface area contributed by atoms with Gasteiger partial charge in [0.05, 0.1) is 11.0 Å². The molecule has 2 aliphatic heterocycles. The van der Waals surface area contributed by atoms with Gasteiger partial charge in [0.25, 0.3) is 5.69 Å². The van der Waals surface area contributed by atoms with E-state index in [0.29, 0.717) is 24.1 Å². The number of piperidine rings is 1. The summed E-state index contributed by atoms with van der Waals surface area (Å²) in [6.45, 7) is 1.81. The minimum Gasteiger partial charge on any atom is -0.454 e. The second-order valence-electron chi connectivity index (χ2n) is 6.82. The van der Waals surface area contributed by atoms with Crippen molar-refractivity contribution in [1.82, 2.24) is 4.90 Å². The number of nitro groups is 1. The summed E-state index contributed by atoms with van der Waals surface area (Å²) in [5.41, 5.74) is 0.887. The summed E-state index contributed by atoms with van der Waals surface area (Å²) in [6, 6.07) is 3.90. The summed E-state index contributed by atoms with van der Waals surface area (Å²) in [5, 5.41) is 11.4. The Morgan fingerprint density at radius 2 is 1.87 bits per heavy atom. The average molecular weight is 318 g/mol. The molecule has 2 heterocycles. The van der Waals surface area contributed by atoms with Gasteiger partial charge in [-0.15, -0.1) is 0 Å². The Balaban J connectivity index is 1.61. The average Bonchev–Trinajstić information content (AvgIpc) is 3.01. The quantitative estimate of drug-likeness (QED) is 0.630. The second kappa shape index (κ2) is 6.00. The zero-order valence-electron chi connectivity index (χ0n) is 13.2. The van der Waals surface area contributed by atoms with Crippen LogP contribution >= 0.6 is 0 Å². The first kappa shape index (κ1) is 14.8. The van der Waals surface area contributed by atoms with Gasteiger partial charge in [-0.2, -0.15) is 0 Å². The number of fused-ring (bicyclic) bond motifs is 2. The predicted molar refractivity (Wildman–Crippen MR) is 84.6 cm³/mol. The lowest BCUT2D eigenvalue weighted by atomic mass is 9.78. The van der Waals surface area contributed by atoms with Crippen LogP contribution in [0, 0.1) is 16.0 Å². The van der Waals surface area contributed by atoms with E-state index in [2.05, 4.69) is 4.90 Å². The first-order valence-corrected chi connectivity index (χ1v) is 8.53. The minimum atomic E-state index is -0.306. The van der Waals surface area contributed by atoms with Crippen molar-refractivity contribution in [3.05, 3.63) is 27.8 Å². The van der Waals surface area contributed by atoms with Crippen LogP contribution in [0.5, 0.6) is 11.5 Å². The molecule has 2 fully saturated rings. The third-order valence-corrected chi connectivity index (χ3v) is 5.50. The van der Waals surface area contributed by atoms with Crippen molar-refractivity contribution in [3.8, 4) is 11.5 Å². The van der Waals surface area contributed by atoms with Crippen LogP contribution in [0.4, 0.5) is 5.69 Å². The van der Waals surface area contributed by atoms with Crippen LogP contribution in [0.3, 0.4) is 0 Å². The molecular weight excluding hydrogens is 296 g/mol. The summed E-state index contributed by atoms with van der Waals surface area (Å²) in [6.07, 6.45) is 7.65. The molecule has 1 saturated carbocycles. The van der Waals surface area contributed by atoms with E-state index in [0.717, 1.165) is 18.0 Å². The summed E-state index contributed by atoms with van der Waals surface area (Å²) in [4.78, 5) is 13.6. The molecule has 0 amide bonds. The first-order valence-electron chi connectivity index (χ1n) is 8.53. The van der Waals surface area contributed by atoms with Crippen molar-refractivity contribution in [1.29, 1.82) is 0 Å². The lowest BCUT2D eigenvalue weighted by Crippen LogP contribution is -2.46. The van der Waals surface area contributed by atoms with Crippen molar-refractivity contribution in [2.45, 2.75) is 51.1 Å². The lowest BCUT2D eigenvalue weighted by molar-refractivity contribution is -0.385. The highest BCUT2D eigenvalue weighted by molar-refractivity contribution is 5.55.